The van der Waals surface area contributed by atoms with Crippen molar-refractivity contribution in [2.45, 2.75) is 6.42 Å². The number of nitrogens with zero attached hydrogens (tertiary/aromatic N) is 4. The molecule has 19 heavy (non-hydrogen) atoms. The van der Waals surface area contributed by atoms with E-state index in [9.17, 15) is 0 Å². The quantitative estimate of drug-likeness (QED) is 0.733. The van der Waals surface area contributed by atoms with Crippen molar-refractivity contribution in [1.82, 2.24) is 14.5 Å². The van der Waals surface area contributed by atoms with E-state index in [1.54, 1.807) is 18.5 Å². The van der Waals surface area contributed by atoms with Crippen molar-refractivity contribution in [3.8, 4) is 5.75 Å². The third-order valence-electron chi connectivity index (χ3n) is 2.94. The SMILES string of the molecule is [C-]#[N+]c1ccc2c(n1)/C(=C/c1cn(C)cn1)CCO2. The highest BCUT2D eigenvalue weighted by atomic mass is 16.5. The van der Waals surface area contributed by atoms with Crippen LogP contribution in [0.25, 0.3) is 16.5 Å². The van der Waals surface area contributed by atoms with Crippen LogP contribution in [-0.4, -0.2) is 21.1 Å². The lowest BCUT2D eigenvalue weighted by atomic mass is 10.0. The Bertz CT molecular complexity index is 694. The van der Waals surface area contributed by atoms with E-state index >= 15 is 0 Å². The Kier molecular flexibility index (Phi) is 2.76. The van der Waals surface area contributed by atoms with Gasteiger partial charge in [-0.3, -0.25) is 0 Å². The number of rotatable bonds is 1. The summed E-state index contributed by atoms with van der Waals surface area (Å²) in [5.74, 6) is 1.12. The Morgan fingerprint density at radius 3 is 3.11 bits per heavy atom. The van der Waals surface area contributed by atoms with Gasteiger partial charge in [0.2, 0.25) is 0 Å². The molecule has 0 unspecified atom stereocenters. The lowest BCUT2D eigenvalue weighted by Crippen LogP contribution is -2.09. The molecule has 94 valence electrons. The van der Waals surface area contributed by atoms with Crippen LogP contribution in [0.5, 0.6) is 5.75 Å². The van der Waals surface area contributed by atoms with Crippen molar-refractivity contribution in [3.63, 3.8) is 0 Å². The van der Waals surface area contributed by atoms with Gasteiger partial charge in [-0.2, -0.15) is 0 Å². The van der Waals surface area contributed by atoms with Crippen LogP contribution < -0.4 is 4.74 Å². The maximum absolute atomic E-state index is 7.04. The van der Waals surface area contributed by atoms with Gasteiger partial charge in [-0.25, -0.2) is 4.98 Å². The van der Waals surface area contributed by atoms with Gasteiger partial charge in [0.25, 0.3) is 5.82 Å². The molecule has 3 rings (SSSR count). The van der Waals surface area contributed by atoms with Gasteiger partial charge in [0.1, 0.15) is 0 Å². The van der Waals surface area contributed by atoms with Crippen LogP contribution in [0, 0.1) is 6.57 Å². The van der Waals surface area contributed by atoms with Gasteiger partial charge in [-0.15, -0.1) is 4.98 Å². The second-order valence-corrected chi connectivity index (χ2v) is 4.36. The predicted molar refractivity (Wildman–Crippen MR) is 71.7 cm³/mol. The molecule has 0 radical (unpaired) electrons. The minimum absolute atomic E-state index is 0.385. The summed E-state index contributed by atoms with van der Waals surface area (Å²) in [6.45, 7) is 7.67. The number of imidazole rings is 1. The van der Waals surface area contributed by atoms with Gasteiger partial charge in [0.15, 0.2) is 11.4 Å². The molecule has 1 aliphatic rings. The van der Waals surface area contributed by atoms with Crippen LogP contribution in [0.2, 0.25) is 0 Å². The summed E-state index contributed by atoms with van der Waals surface area (Å²) in [6, 6.07) is 3.48. The van der Waals surface area contributed by atoms with E-state index in [1.807, 2.05) is 23.9 Å². The molecule has 0 N–H and O–H groups in total. The highest BCUT2D eigenvalue weighted by Crippen LogP contribution is 2.33. The first-order valence-corrected chi connectivity index (χ1v) is 5.96. The third-order valence-corrected chi connectivity index (χ3v) is 2.94. The molecule has 0 saturated heterocycles. The number of ether oxygens (including phenoxy) is 1. The number of hydrogen-bond acceptors (Lipinski definition) is 3. The Labute approximate surface area is 111 Å². The summed E-state index contributed by atoms with van der Waals surface area (Å²) in [4.78, 5) is 12.0. The second kappa shape index (κ2) is 4.58. The normalized spacial score (nSPS) is 15.7. The lowest BCUT2D eigenvalue weighted by Gasteiger charge is -2.16. The molecule has 0 aromatic carbocycles. The molecule has 2 aromatic rings. The molecule has 0 bridgehead atoms. The van der Waals surface area contributed by atoms with E-state index in [-0.39, 0.29) is 0 Å². The molecule has 3 heterocycles. The van der Waals surface area contributed by atoms with E-state index in [0.29, 0.717) is 12.4 Å². The highest BCUT2D eigenvalue weighted by molar-refractivity contribution is 5.82. The molecule has 1 aliphatic heterocycles. The maximum Gasteiger partial charge on any atom is 0.270 e. The molecular formula is C14H12N4O. The Balaban J connectivity index is 2.06. The summed E-state index contributed by atoms with van der Waals surface area (Å²) in [7, 11) is 1.93. The molecule has 5 heteroatoms. The fourth-order valence-corrected chi connectivity index (χ4v) is 2.06. The molecule has 0 fully saturated rings. The van der Waals surface area contributed by atoms with Crippen molar-refractivity contribution in [3.05, 3.63) is 47.5 Å². The minimum atomic E-state index is 0.385. The molecule has 2 aromatic heterocycles. The van der Waals surface area contributed by atoms with E-state index in [1.165, 1.54) is 0 Å². The van der Waals surface area contributed by atoms with Crippen LogP contribution in [-0.2, 0) is 7.05 Å². The van der Waals surface area contributed by atoms with E-state index < -0.39 is 0 Å². The Morgan fingerprint density at radius 2 is 2.37 bits per heavy atom. The lowest BCUT2D eigenvalue weighted by molar-refractivity contribution is 0.314. The van der Waals surface area contributed by atoms with Crippen molar-refractivity contribution in [1.29, 1.82) is 0 Å². The first-order valence-electron chi connectivity index (χ1n) is 5.96. The van der Waals surface area contributed by atoms with E-state index in [0.717, 1.165) is 29.1 Å². The fourth-order valence-electron chi connectivity index (χ4n) is 2.06. The van der Waals surface area contributed by atoms with E-state index in [2.05, 4.69) is 14.8 Å². The topological polar surface area (TPSA) is 44.3 Å². The molecule has 0 atom stereocenters. The number of aromatic nitrogens is 3. The van der Waals surface area contributed by atoms with Gasteiger partial charge >= 0.3 is 0 Å². The zero-order valence-corrected chi connectivity index (χ0v) is 10.5. The number of pyridine rings is 1. The number of fused-ring (bicyclic) bond motifs is 1. The first-order chi connectivity index (χ1) is 9.26. The van der Waals surface area contributed by atoms with Crippen molar-refractivity contribution >= 4 is 17.5 Å². The van der Waals surface area contributed by atoms with Crippen molar-refractivity contribution < 1.29 is 4.74 Å². The third kappa shape index (κ3) is 2.20. The monoisotopic (exact) mass is 252 g/mol. The smallest absolute Gasteiger partial charge is 0.270 e. The predicted octanol–water partition coefficient (Wildman–Crippen LogP) is 2.69. The summed E-state index contributed by atoms with van der Waals surface area (Å²) < 4.78 is 7.46. The minimum Gasteiger partial charge on any atom is -0.489 e. The molecular weight excluding hydrogens is 240 g/mol. The average molecular weight is 252 g/mol. The summed E-state index contributed by atoms with van der Waals surface area (Å²) in [5, 5.41) is 0. The number of hydrogen-bond donors (Lipinski definition) is 0. The fraction of sp³-hybridized carbons (Fsp3) is 0.214. The molecule has 0 spiro atoms. The zero-order chi connectivity index (χ0) is 13.2. The zero-order valence-electron chi connectivity index (χ0n) is 10.5. The van der Waals surface area contributed by atoms with Gasteiger partial charge < -0.3 is 14.1 Å². The van der Waals surface area contributed by atoms with E-state index in [4.69, 9.17) is 11.3 Å². The van der Waals surface area contributed by atoms with Crippen molar-refractivity contribution in [2.75, 3.05) is 6.61 Å². The second-order valence-electron chi connectivity index (χ2n) is 4.36. The summed E-state index contributed by atoms with van der Waals surface area (Å²) >= 11 is 0. The van der Waals surface area contributed by atoms with Gasteiger partial charge in [-0.1, -0.05) is 6.57 Å². The summed E-state index contributed by atoms with van der Waals surface area (Å²) in [5.41, 5.74) is 2.70. The summed E-state index contributed by atoms with van der Waals surface area (Å²) in [6.07, 6.45) is 6.48. The Morgan fingerprint density at radius 1 is 1.47 bits per heavy atom. The van der Waals surface area contributed by atoms with Crippen LogP contribution in [0.3, 0.4) is 0 Å². The largest absolute Gasteiger partial charge is 0.489 e. The maximum atomic E-state index is 7.04. The standard InChI is InChI=1S/C14H12N4O/c1-15-13-4-3-12-14(17-13)10(5-6-19-12)7-11-8-18(2)9-16-11/h3-4,7-9H,5-6H2,2H3/b10-7+. The highest BCUT2D eigenvalue weighted by Gasteiger charge is 2.21. The van der Waals surface area contributed by atoms with Crippen LogP contribution in [0.15, 0.2) is 24.7 Å². The average Bonchev–Trinajstić information content (AvgIpc) is 2.84. The van der Waals surface area contributed by atoms with Crippen molar-refractivity contribution in [2.24, 2.45) is 7.05 Å². The molecule has 0 saturated carbocycles. The van der Waals surface area contributed by atoms with Gasteiger partial charge in [-0.05, 0) is 18.2 Å². The van der Waals surface area contributed by atoms with Crippen LogP contribution in [0.1, 0.15) is 17.8 Å². The molecule has 0 aliphatic carbocycles. The van der Waals surface area contributed by atoms with Crippen LogP contribution in [0.4, 0.5) is 5.82 Å². The molecule has 0 amide bonds. The number of aryl methyl sites for hydroxylation is 1. The van der Waals surface area contributed by atoms with Gasteiger partial charge in [0.05, 0.1) is 18.6 Å². The van der Waals surface area contributed by atoms with Crippen LogP contribution >= 0.6 is 0 Å². The molecule has 5 nitrogen and oxygen atoms in total. The first kappa shape index (κ1) is 11.5. The van der Waals surface area contributed by atoms with Gasteiger partial charge in [0, 0.05) is 25.2 Å². The Hall–Kier alpha value is -2.61.